The minimum Gasteiger partial charge on any atom is -0.454 e. The molecule has 0 bridgehead atoms. The number of hydrogen-bond donors (Lipinski definition) is 1. The maximum atomic E-state index is 5.32. The third-order valence-electron chi connectivity index (χ3n) is 2.45. The van der Waals surface area contributed by atoms with E-state index in [-0.39, 0.29) is 6.79 Å². The van der Waals surface area contributed by atoms with Crippen molar-refractivity contribution in [1.82, 2.24) is 14.8 Å². The van der Waals surface area contributed by atoms with Crippen molar-refractivity contribution in [3.8, 4) is 17.2 Å². The molecule has 0 spiro atoms. The summed E-state index contributed by atoms with van der Waals surface area (Å²) < 4.78 is 13.0. The fourth-order valence-corrected chi connectivity index (χ4v) is 1.99. The van der Waals surface area contributed by atoms with Crippen molar-refractivity contribution in [3.05, 3.63) is 28.8 Å². The van der Waals surface area contributed by atoms with E-state index in [9.17, 15) is 0 Å². The highest BCUT2D eigenvalue weighted by Crippen LogP contribution is 2.33. The zero-order valence-electron chi connectivity index (χ0n) is 8.56. The van der Waals surface area contributed by atoms with Crippen LogP contribution in [0.3, 0.4) is 0 Å². The summed E-state index contributed by atoms with van der Waals surface area (Å²) in [6.45, 7) is 2.16. The van der Waals surface area contributed by atoms with Crippen LogP contribution in [-0.4, -0.2) is 21.6 Å². The molecule has 0 fully saturated rings. The number of aromatic amines is 1. The van der Waals surface area contributed by atoms with E-state index < -0.39 is 0 Å². The highest BCUT2D eigenvalue weighted by atomic mass is 32.1. The molecule has 5 nitrogen and oxygen atoms in total. The number of aromatic nitrogens is 3. The fourth-order valence-electron chi connectivity index (χ4n) is 1.70. The van der Waals surface area contributed by atoms with Crippen molar-refractivity contribution in [1.29, 1.82) is 0 Å². The molecule has 1 N–H and O–H groups in total. The third-order valence-corrected chi connectivity index (χ3v) is 2.73. The summed E-state index contributed by atoms with van der Waals surface area (Å²) >= 11 is 5.16. The van der Waals surface area contributed by atoms with Crippen LogP contribution in [0.1, 0.15) is 5.82 Å². The Labute approximate surface area is 96.6 Å². The summed E-state index contributed by atoms with van der Waals surface area (Å²) in [5.41, 5.74) is 0.917. The van der Waals surface area contributed by atoms with Crippen LogP contribution in [0.15, 0.2) is 18.2 Å². The van der Waals surface area contributed by atoms with Gasteiger partial charge in [-0.3, -0.25) is 9.67 Å². The second-order valence-electron chi connectivity index (χ2n) is 3.45. The summed E-state index contributed by atoms with van der Waals surface area (Å²) in [7, 11) is 0. The van der Waals surface area contributed by atoms with Gasteiger partial charge in [-0.05, 0) is 31.3 Å². The van der Waals surface area contributed by atoms with Crippen molar-refractivity contribution in [3.63, 3.8) is 0 Å². The summed E-state index contributed by atoms with van der Waals surface area (Å²) in [5, 5.41) is 6.81. The standard InChI is InChI=1S/C10H9N3O2S/c1-6-11-12-10(16)13(6)7-2-3-8-9(4-7)15-5-14-8/h2-4H,5H2,1H3,(H,12,16). The van der Waals surface area contributed by atoms with E-state index in [0.717, 1.165) is 23.0 Å². The summed E-state index contributed by atoms with van der Waals surface area (Å²) in [6, 6.07) is 5.68. The van der Waals surface area contributed by atoms with E-state index >= 15 is 0 Å². The van der Waals surface area contributed by atoms with Gasteiger partial charge in [-0.15, -0.1) is 0 Å². The van der Waals surface area contributed by atoms with Gasteiger partial charge in [-0.1, -0.05) is 0 Å². The van der Waals surface area contributed by atoms with Crippen LogP contribution in [0, 0.1) is 11.7 Å². The molecule has 0 saturated heterocycles. The lowest BCUT2D eigenvalue weighted by molar-refractivity contribution is 0.174. The minimum atomic E-state index is 0.272. The van der Waals surface area contributed by atoms with Crippen molar-refractivity contribution in [2.75, 3.05) is 6.79 Å². The smallest absolute Gasteiger partial charge is 0.231 e. The lowest BCUT2D eigenvalue weighted by Crippen LogP contribution is -1.96. The second-order valence-corrected chi connectivity index (χ2v) is 3.84. The molecule has 0 aliphatic carbocycles. The van der Waals surface area contributed by atoms with Gasteiger partial charge < -0.3 is 9.47 Å². The summed E-state index contributed by atoms with van der Waals surface area (Å²) in [5.74, 6) is 2.31. The molecule has 0 atom stereocenters. The minimum absolute atomic E-state index is 0.272. The molecule has 0 radical (unpaired) electrons. The number of nitrogens with zero attached hydrogens (tertiary/aromatic N) is 2. The number of benzene rings is 1. The quantitative estimate of drug-likeness (QED) is 0.768. The van der Waals surface area contributed by atoms with E-state index in [1.54, 1.807) is 0 Å². The van der Waals surface area contributed by atoms with Crippen molar-refractivity contribution in [2.24, 2.45) is 0 Å². The zero-order valence-corrected chi connectivity index (χ0v) is 9.37. The molecule has 0 amide bonds. The van der Waals surface area contributed by atoms with E-state index in [1.807, 2.05) is 29.7 Å². The number of rotatable bonds is 1. The number of ether oxygens (including phenoxy) is 2. The Bertz CT molecular complexity index is 602. The van der Waals surface area contributed by atoms with E-state index in [2.05, 4.69) is 10.2 Å². The first-order valence-corrected chi connectivity index (χ1v) is 5.20. The third kappa shape index (κ3) is 1.30. The highest BCUT2D eigenvalue weighted by Gasteiger charge is 2.14. The van der Waals surface area contributed by atoms with Gasteiger partial charge in [0.05, 0.1) is 5.69 Å². The number of hydrogen-bond acceptors (Lipinski definition) is 4. The SMILES string of the molecule is Cc1n[nH]c(=S)n1-c1ccc2c(c1)OCO2. The lowest BCUT2D eigenvalue weighted by Gasteiger charge is -2.04. The largest absolute Gasteiger partial charge is 0.454 e. The van der Waals surface area contributed by atoms with Gasteiger partial charge >= 0.3 is 0 Å². The number of H-pyrrole nitrogens is 1. The predicted molar refractivity (Wildman–Crippen MR) is 59.6 cm³/mol. The molecular formula is C10H9N3O2S. The Balaban J connectivity index is 2.18. The molecule has 1 aliphatic rings. The number of nitrogens with one attached hydrogen (secondary N) is 1. The fraction of sp³-hybridized carbons (Fsp3) is 0.200. The van der Waals surface area contributed by atoms with Gasteiger partial charge in [-0.2, -0.15) is 5.10 Å². The van der Waals surface area contributed by atoms with Gasteiger partial charge in [0.1, 0.15) is 5.82 Å². The average Bonchev–Trinajstić information content (AvgIpc) is 2.85. The first kappa shape index (κ1) is 9.41. The molecule has 16 heavy (non-hydrogen) atoms. The Morgan fingerprint density at radius 2 is 2.19 bits per heavy atom. The monoisotopic (exact) mass is 235 g/mol. The van der Waals surface area contributed by atoms with Crippen LogP contribution in [0.5, 0.6) is 11.5 Å². The number of fused-ring (bicyclic) bond motifs is 1. The van der Waals surface area contributed by atoms with Crippen molar-refractivity contribution in [2.45, 2.75) is 6.92 Å². The maximum Gasteiger partial charge on any atom is 0.231 e. The van der Waals surface area contributed by atoms with Crippen LogP contribution in [0.4, 0.5) is 0 Å². The first-order valence-electron chi connectivity index (χ1n) is 4.80. The topological polar surface area (TPSA) is 52.1 Å². The first-order chi connectivity index (χ1) is 7.75. The summed E-state index contributed by atoms with van der Waals surface area (Å²) in [6.07, 6.45) is 0. The van der Waals surface area contributed by atoms with Gasteiger partial charge in [0.15, 0.2) is 16.3 Å². The van der Waals surface area contributed by atoms with Crippen LogP contribution in [0.2, 0.25) is 0 Å². The average molecular weight is 235 g/mol. The van der Waals surface area contributed by atoms with Crippen molar-refractivity contribution < 1.29 is 9.47 Å². The molecule has 2 heterocycles. The molecule has 1 aliphatic heterocycles. The lowest BCUT2D eigenvalue weighted by atomic mass is 10.3. The Kier molecular flexibility index (Phi) is 1.97. The molecule has 1 aromatic carbocycles. The van der Waals surface area contributed by atoms with Gasteiger partial charge in [-0.25, -0.2) is 0 Å². The molecule has 6 heteroatoms. The van der Waals surface area contributed by atoms with Crippen LogP contribution in [0.25, 0.3) is 5.69 Å². The molecule has 3 rings (SSSR count). The van der Waals surface area contributed by atoms with E-state index in [4.69, 9.17) is 21.7 Å². The van der Waals surface area contributed by atoms with Gasteiger partial charge in [0, 0.05) is 6.07 Å². The van der Waals surface area contributed by atoms with Crippen LogP contribution in [-0.2, 0) is 0 Å². The Hall–Kier alpha value is -1.82. The van der Waals surface area contributed by atoms with E-state index in [0.29, 0.717) is 4.77 Å². The predicted octanol–water partition coefficient (Wildman–Crippen LogP) is 1.97. The molecule has 0 unspecified atom stereocenters. The second kappa shape index (κ2) is 3.34. The Morgan fingerprint density at radius 1 is 1.38 bits per heavy atom. The normalized spacial score (nSPS) is 13.1. The van der Waals surface area contributed by atoms with E-state index in [1.165, 1.54) is 0 Å². The Morgan fingerprint density at radius 3 is 2.94 bits per heavy atom. The molecule has 1 aromatic heterocycles. The summed E-state index contributed by atoms with van der Waals surface area (Å²) in [4.78, 5) is 0. The van der Waals surface area contributed by atoms with Crippen LogP contribution < -0.4 is 9.47 Å². The van der Waals surface area contributed by atoms with Gasteiger partial charge in [0.25, 0.3) is 0 Å². The highest BCUT2D eigenvalue weighted by molar-refractivity contribution is 7.71. The van der Waals surface area contributed by atoms with Crippen LogP contribution >= 0.6 is 12.2 Å². The molecule has 82 valence electrons. The van der Waals surface area contributed by atoms with Gasteiger partial charge in [0.2, 0.25) is 6.79 Å². The molecule has 2 aromatic rings. The van der Waals surface area contributed by atoms with Crippen molar-refractivity contribution >= 4 is 12.2 Å². The molecular weight excluding hydrogens is 226 g/mol. The zero-order chi connectivity index (χ0) is 11.1. The molecule has 0 saturated carbocycles. The number of aryl methyl sites for hydroxylation is 1. The maximum absolute atomic E-state index is 5.32.